The number of nitrogens with zero attached hydrogens (tertiary/aromatic N) is 3. The van der Waals surface area contributed by atoms with Crippen molar-refractivity contribution in [2.24, 2.45) is 7.05 Å². The lowest BCUT2D eigenvalue weighted by molar-refractivity contribution is 0.505. The van der Waals surface area contributed by atoms with E-state index >= 15 is 0 Å². The van der Waals surface area contributed by atoms with E-state index in [1.54, 1.807) is 13.2 Å². The first kappa shape index (κ1) is 16.3. The molecule has 0 bridgehead atoms. The number of anilines is 1. The second-order valence-corrected chi connectivity index (χ2v) is 7.26. The van der Waals surface area contributed by atoms with E-state index < -0.39 is 0 Å². The van der Waals surface area contributed by atoms with Gasteiger partial charge < -0.3 is 9.88 Å². The molecule has 4 rings (SSSR count). The summed E-state index contributed by atoms with van der Waals surface area (Å²) in [4.78, 5) is 17.4. The van der Waals surface area contributed by atoms with E-state index in [1.807, 2.05) is 12.3 Å². The largest absolute Gasteiger partial charge is 0.369 e. The molecule has 1 saturated heterocycles. The number of benzene rings is 1. The minimum atomic E-state index is -0.223. The van der Waals surface area contributed by atoms with Crippen LogP contribution in [-0.2, 0) is 7.05 Å². The van der Waals surface area contributed by atoms with E-state index in [1.165, 1.54) is 22.4 Å². The van der Waals surface area contributed by atoms with Crippen LogP contribution < -0.4 is 10.5 Å². The van der Waals surface area contributed by atoms with Crippen molar-refractivity contribution in [3.63, 3.8) is 0 Å². The zero-order chi connectivity index (χ0) is 17.6. The SMILES string of the molecule is Cn1ncc(N2CCC(c3c[nH]c4cc(F)ccc34)CC2)c(Br)c1=O. The molecule has 1 aromatic carbocycles. The summed E-state index contributed by atoms with van der Waals surface area (Å²) in [6.45, 7) is 1.71. The number of halogens is 2. The van der Waals surface area contributed by atoms with Crippen molar-refractivity contribution in [3.8, 4) is 0 Å². The van der Waals surface area contributed by atoms with Crippen molar-refractivity contribution >= 4 is 32.5 Å². The van der Waals surface area contributed by atoms with E-state index in [9.17, 15) is 9.18 Å². The predicted molar refractivity (Wildman–Crippen MR) is 99.6 cm³/mol. The minimum absolute atomic E-state index is 0.127. The van der Waals surface area contributed by atoms with Gasteiger partial charge in [-0.1, -0.05) is 0 Å². The van der Waals surface area contributed by atoms with E-state index in [4.69, 9.17) is 0 Å². The molecule has 3 aromatic rings. The molecule has 0 radical (unpaired) electrons. The molecule has 1 aliphatic rings. The van der Waals surface area contributed by atoms with E-state index in [0.717, 1.165) is 42.5 Å². The Balaban J connectivity index is 1.55. The molecule has 7 heteroatoms. The second kappa shape index (κ2) is 6.29. The predicted octanol–water partition coefficient (Wildman–Crippen LogP) is 3.55. The summed E-state index contributed by atoms with van der Waals surface area (Å²) < 4.78 is 15.2. The number of rotatable bonds is 2. The van der Waals surface area contributed by atoms with Crippen LogP contribution >= 0.6 is 15.9 Å². The van der Waals surface area contributed by atoms with Gasteiger partial charge in [-0.15, -0.1) is 0 Å². The van der Waals surface area contributed by atoms with Crippen LogP contribution in [0.1, 0.15) is 24.3 Å². The number of aryl methyl sites for hydroxylation is 1. The van der Waals surface area contributed by atoms with Crippen LogP contribution in [0.3, 0.4) is 0 Å². The summed E-state index contributed by atoms with van der Waals surface area (Å²) >= 11 is 3.40. The highest BCUT2D eigenvalue weighted by molar-refractivity contribution is 9.10. The highest BCUT2D eigenvalue weighted by Crippen LogP contribution is 2.35. The Morgan fingerprint density at radius 3 is 2.84 bits per heavy atom. The molecule has 1 aliphatic heterocycles. The Labute approximate surface area is 152 Å². The second-order valence-electron chi connectivity index (χ2n) is 6.47. The number of aromatic amines is 1. The standard InChI is InChI=1S/C18H18BrFN4O/c1-23-18(25)17(19)16(10-22-23)24-6-4-11(5-7-24)14-9-21-15-8-12(20)2-3-13(14)15/h2-3,8-11,21H,4-7H2,1H3. The normalized spacial score (nSPS) is 15.9. The molecule has 0 unspecified atom stereocenters. The van der Waals surface area contributed by atoms with Crippen LogP contribution in [0, 0.1) is 5.82 Å². The zero-order valence-corrected chi connectivity index (χ0v) is 15.4. The highest BCUT2D eigenvalue weighted by atomic mass is 79.9. The van der Waals surface area contributed by atoms with Crippen LogP contribution in [-0.4, -0.2) is 27.9 Å². The fourth-order valence-electron chi connectivity index (χ4n) is 3.61. The van der Waals surface area contributed by atoms with Gasteiger partial charge in [0, 0.05) is 37.2 Å². The highest BCUT2D eigenvalue weighted by Gasteiger charge is 2.25. The van der Waals surface area contributed by atoms with Gasteiger partial charge in [-0.3, -0.25) is 4.79 Å². The van der Waals surface area contributed by atoms with Crippen LogP contribution in [0.4, 0.5) is 10.1 Å². The first-order valence-corrected chi connectivity index (χ1v) is 9.07. The van der Waals surface area contributed by atoms with Crippen molar-refractivity contribution in [3.05, 3.63) is 56.8 Å². The third kappa shape index (κ3) is 2.86. The summed E-state index contributed by atoms with van der Waals surface area (Å²) in [6, 6.07) is 4.90. The smallest absolute Gasteiger partial charge is 0.282 e. The van der Waals surface area contributed by atoms with Gasteiger partial charge in [-0.05, 0) is 58.5 Å². The van der Waals surface area contributed by atoms with Gasteiger partial charge >= 0.3 is 0 Å². The Morgan fingerprint density at radius 1 is 1.32 bits per heavy atom. The number of hydrogen-bond acceptors (Lipinski definition) is 3. The van der Waals surface area contributed by atoms with Gasteiger partial charge in [0.05, 0.1) is 11.9 Å². The van der Waals surface area contributed by atoms with E-state index in [0.29, 0.717) is 10.4 Å². The lowest BCUT2D eigenvalue weighted by Crippen LogP contribution is -2.35. The topological polar surface area (TPSA) is 53.9 Å². The summed E-state index contributed by atoms with van der Waals surface area (Å²) in [5.74, 6) is 0.201. The molecular weight excluding hydrogens is 387 g/mol. The Morgan fingerprint density at radius 2 is 2.08 bits per heavy atom. The number of piperidine rings is 1. The maximum absolute atomic E-state index is 13.4. The monoisotopic (exact) mass is 404 g/mol. The van der Waals surface area contributed by atoms with Gasteiger partial charge in [0.1, 0.15) is 10.3 Å². The van der Waals surface area contributed by atoms with E-state index in [2.05, 4.69) is 30.9 Å². The number of H-pyrrole nitrogens is 1. The Hall–Kier alpha value is -2.15. The van der Waals surface area contributed by atoms with Crippen molar-refractivity contribution in [2.45, 2.75) is 18.8 Å². The quantitative estimate of drug-likeness (QED) is 0.710. The Kier molecular flexibility index (Phi) is 4.11. The molecule has 0 aliphatic carbocycles. The zero-order valence-electron chi connectivity index (χ0n) is 13.8. The average molecular weight is 405 g/mol. The van der Waals surface area contributed by atoms with Crippen LogP contribution in [0.25, 0.3) is 10.9 Å². The molecule has 0 saturated carbocycles. The lowest BCUT2D eigenvalue weighted by Gasteiger charge is -2.33. The van der Waals surface area contributed by atoms with Crippen molar-refractivity contribution in [2.75, 3.05) is 18.0 Å². The maximum Gasteiger partial charge on any atom is 0.282 e. The first-order chi connectivity index (χ1) is 12.0. The molecule has 1 fully saturated rings. The number of fused-ring (bicyclic) bond motifs is 1. The van der Waals surface area contributed by atoms with Crippen LogP contribution in [0.2, 0.25) is 0 Å². The van der Waals surface area contributed by atoms with E-state index in [-0.39, 0.29) is 11.4 Å². The summed E-state index contributed by atoms with van der Waals surface area (Å²) in [5.41, 5.74) is 2.81. The van der Waals surface area contributed by atoms with Crippen LogP contribution in [0.5, 0.6) is 0 Å². The molecule has 2 aromatic heterocycles. The summed E-state index contributed by atoms with van der Waals surface area (Å²) in [7, 11) is 1.64. The fourth-order valence-corrected chi connectivity index (χ4v) is 4.22. The first-order valence-electron chi connectivity index (χ1n) is 8.28. The fraction of sp³-hybridized carbons (Fsp3) is 0.333. The van der Waals surface area contributed by atoms with Gasteiger partial charge in [0.15, 0.2) is 0 Å². The van der Waals surface area contributed by atoms with Gasteiger partial charge in [0.25, 0.3) is 5.56 Å². The van der Waals surface area contributed by atoms with Gasteiger partial charge in [-0.25, -0.2) is 9.07 Å². The minimum Gasteiger partial charge on any atom is -0.369 e. The molecule has 0 amide bonds. The van der Waals surface area contributed by atoms with Crippen molar-refractivity contribution in [1.29, 1.82) is 0 Å². The molecule has 25 heavy (non-hydrogen) atoms. The van der Waals surface area contributed by atoms with Gasteiger partial charge in [-0.2, -0.15) is 5.10 Å². The third-order valence-electron chi connectivity index (χ3n) is 5.01. The number of nitrogens with one attached hydrogen (secondary N) is 1. The molecule has 130 valence electrons. The third-order valence-corrected chi connectivity index (χ3v) is 5.76. The Bertz CT molecular complexity index is 988. The maximum atomic E-state index is 13.4. The number of hydrogen-bond donors (Lipinski definition) is 1. The molecule has 0 spiro atoms. The summed E-state index contributed by atoms with van der Waals surface area (Å²) in [5, 5.41) is 5.22. The molecule has 3 heterocycles. The molecule has 5 nitrogen and oxygen atoms in total. The van der Waals surface area contributed by atoms with Crippen molar-refractivity contribution in [1.82, 2.24) is 14.8 Å². The molecular formula is C18H18BrFN4O. The molecule has 1 N–H and O–H groups in total. The molecule has 0 atom stereocenters. The summed E-state index contributed by atoms with van der Waals surface area (Å²) in [6.07, 6.45) is 5.69. The van der Waals surface area contributed by atoms with Crippen molar-refractivity contribution < 1.29 is 4.39 Å². The van der Waals surface area contributed by atoms with Gasteiger partial charge in [0.2, 0.25) is 0 Å². The number of aromatic nitrogens is 3. The lowest BCUT2D eigenvalue weighted by atomic mass is 9.89. The van der Waals surface area contributed by atoms with Crippen LogP contribution in [0.15, 0.2) is 39.9 Å². The average Bonchev–Trinajstić information content (AvgIpc) is 3.03.